The van der Waals surface area contributed by atoms with Crippen LogP contribution in [0.2, 0.25) is 0 Å². The van der Waals surface area contributed by atoms with Crippen LogP contribution in [0.1, 0.15) is 136 Å². The number of hydrogen-bond donors (Lipinski definition) is 5. The smallest absolute Gasteiger partial charge is 0.411 e. The number of para-hydroxylation sites is 2. The molecule has 2 aromatic rings. The molecule has 0 radical (unpaired) electrons. The van der Waals surface area contributed by atoms with Crippen LogP contribution in [-0.4, -0.2) is 62.6 Å². The van der Waals surface area contributed by atoms with Crippen molar-refractivity contribution in [2.75, 3.05) is 30.8 Å². The summed E-state index contributed by atoms with van der Waals surface area (Å²) in [5.41, 5.74) is 3.32. The zero-order valence-electron chi connectivity index (χ0n) is 37.4. The molecule has 0 saturated heterocycles. The molecule has 7 rings (SSSR count). The van der Waals surface area contributed by atoms with E-state index < -0.39 is 17.6 Å². The number of carbonyl (C=O) groups excluding carboxylic acids is 3. The molecule has 60 heavy (non-hydrogen) atoms. The molecule has 2 amide bonds. The van der Waals surface area contributed by atoms with Crippen molar-refractivity contribution in [2.24, 2.45) is 46.3 Å². The van der Waals surface area contributed by atoms with E-state index in [1.165, 1.54) is 7.11 Å². The number of carbonyl (C=O) groups is 3. The largest absolute Gasteiger partial charge is 0.469 e. The average Bonchev–Trinajstić information content (AvgIpc) is 3.59. The van der Waals surface area contributed by atoms with Gasteiger partial charge in [0.25, 0.3) is 0 Å². The molecule has 0 spiro atoms. The molecule has 0 unspecified atom stereocenters. The van der Waals surface area contributed by atoms with Crippen molar-refractivity contribution < 1.29 is 33.6 Å². The van der Waals surface area contributed by atoms with Crippen molar-refractivity contribution >= 4 is 35.5 Å². The van der Waals surface area contributed by atoms with Crippen molar-refractivity contribution in [2.45, 2.75) is 143 Å². The second-order valence-electron chi connectivity index (χ2n) is 19.9. The zero-order valence-corrected chi connectivity index (χ0v) is 37.4. The Hall–Kier alpha value is -4.28. The number of fused-ring (bicyclic) bond motifs is 5. The summed E-state index contributed by atoms with van der Waals surface area (Å²) in [6, 6.07) is 16.1. The number of anilines is 2. The molecule has 5 aliphatic rings. The number of esters is 1. The van der Waals surface area contributed by atoms with Gasteiger partial charge in [-0.05, 0) is 121 Å². The van der Waals surface area contributed by atoms with Gasteiger partial charge in [0.05, 0.1) is 31.9 Å². The lowest BCUT2D eigenvalue weighted by molar-refractivity contribution is -0.467. The van der Waals surface area contributed by atoms with E-state index in [1.807, 2.05) is 30.3 Å². The van der Waals surface area contributed by atoms with Crippen LogP contribution in [-0.2, 0) is 19.0 Å². The minimum atomic E-state index is -0.440. The van der Waals surface area contributed by atoms with Gasteiger partial charge in [-0.3, -0.25) is 31.1 Å². The Morgan fingerprint density at radius 3 is 2.23 bits per heavy atom. The Kier molecular flexibility index (Phi) is 13.4. The van der Waals surface area contributed by atoms with Gasteiger partial charge in [-0.2, -0.15) is 0 Å². The Balaban J connectivity index is 1.24. The van der Waals surface area contributed by atoms with Crippen molar-refractivity contribution in [1.82, 2.24) is 10.6 Å². The van der Waals surface area contributed by atoms with E-state index >= 15 is 0 Å². The summed E-state index contributed by atoms with van der Waals surface area (Å²) in [5, 5.41) is 13.6. The van der Waals surface area contributed by atoms with Gasteiger partial charge in [-0.25, -0.2) is 9.59 Å². The van der Waals surface area contributed by atoms with Gasteiger partial charge >= 0.3 is 24.1 Å². The van der Waals surface area contributed by atoms with E-state index in [2.05, 4.69) is 92.9 Å². The first-order chi connectivity index (χ1) is 28.7. The van der Waals surface area contributed by atoms with Gasteiger partial charge in [0.2, 0.25) is 0 Å². The molecule has 1 aliphatic heterocycles. The quantitative estimate of drug-likeness (QED) is 0.113. The van der Waals surface area contributed by atoms with Crippen molar-refractivity contribution in [3.63, 3.8) is 0 Å². The fourth-order valence-corrected chi connectivity index (χ4v) is 12.8. The summed E-state index contributed by atoms with van der Waals surface area (Å²) in [6.07, 6.45) is 7.06. The van der Waals surface area contributed by atoms with Crippen molar-refractivity contribution in [3.8, 4) is 0 Å². The summed E-state index contributed by atoms with van der Waals surface area (Å²) >= 11 is 0. The maximum absolute atomic E-state index is 14.5. The summed E-state index contributed by atoms with van der Waals surface area (Å²) < 4.78 is 18.6. The minimum absolute atomic E-state index is 0.0419. The molecule has 4 saturated carbocycles. The molecule has 5 N–H and O–H groups in total. The molecule has 11 atom stereocenters. The lowest BCUT2D eigenvalue weighted by atomic mass is 9.43. The first-order valence-electron chi connectivity index (χ1n) is 23.0. The molecule has 328 valence electrons. The zero-order chi connectivity index (χ0) is 42.8. The molecule has 2 aromatic carbocycles. The van der Waals surface area contributed by atoms with Crippen molar-refractivity contribution in [3.05, 3.63) is 59.7 Å². The number of hydrogen-bond acceptors (Lipinski definition) is 8. The maximum atomic E-state index is 14.5. The van der Waals surface area contributed by atoms with Crippen LogP contribution in [0.25, 0.3) is 0 Å². The number of nitrogens with one attached hydrogen (secondary N) is 5. The van der Waals surface area contributed by atoms with E-state index in [9.17, 15) is 14.4 Å². The number of benzene rings is 2. The standard InChI is InChI=1S/C49H71N5O6/c1-29(2)35-16-12-17-36(30(3)4)44(35)54-47(57)59-40-27-32-26-34(52-45-50-24-13-25-51-45)22-23-48(32,6)39-28-41(60-46(56)53-33-14-10-9-11-15-33)49(7)37(19-20-38(49)43(39)40)31(5)18-21-42(55)58-8/h9-12,14-17,29-32,34,37-41,43H,13,18-28H2,1-8H3,(H,53,56)(H,54,57)(H2,50,51,52)/p+1/t31-,32+,34-,37-,38+,39+,40-,41+,43+,48+,49-/m1/s1. The van der Waals surface area contributed by atoms with Crippen molar-refractivity contribution in [1.29, 1.82) is 0 Å². The monoisotopic (exact) mass is 827 g/mol. The van der Waals surface area contributed by atoms with E-state index in [-0.39, 0.29) is 71.1 Å². The van der Waals surface area contributed by atoms with Gasteiger partial charge in [0.1, 0.15) is 12.2 Å². The van der Waals surface area contributed by atoms with Gasteiger partial charge in [-0.15, -0.1) is 0 Å². The third-order valence-electron chi connectivity index (χ3n) is 16.0. The van der Waals surface area contributed by atoms with Gasteiger partial charge in [0, 0.05) is 29.9 Å². The van der Waals surface area contributed by atoms with Crippen LogP contribution in [0.4, 0.5) is 21.0 Å². The second kappa shape index (κ2) is 18.4. The van der Waals surface area contributed by atoms with Crippen LogP contribution < -0.4 is 26.3 Å². The fourth-order valence-electron chi connectivity index (χ4n) is 12.8. The molecular formula is C49H72N5O6+. The van der Waals surface area contributed by atoms with Crippen LogP contribution in [0.5, 0.6) is 0 Å². The first kappa shape index (κ1) is 43.8. The first-order valence-corrected chi connectivity index (χ1v) is 23.0. The van der Waals surface area contributed by atoms with Crippen LogP contribution in [0.15, 0.2) is 48.5 Å². The summed E-state index contributed by atoms with van der Waals surface area (Å²) in [6.45, 7) is 17.6. The fraction of sp³-hybridized carbons (Fsp3) is 0.673. The van der Waals surface area contributed by atoms with Gasteiger partial charge in [-0.1, -0.05) is 84.9 Å². The molecule has 4 aliphatic carbocycles. The highest BCUT2D eigenvalue weighted by atomic mass is 16.6. The third-order valence-corrected chi connectivity index (χ3v) is 16.0. The van der Waals surface area contributed by atoms with Crippen LogP contribution in [0, 0.1) is 46.3 Å². The van der Waals surface area contributed by atoms with E-state index in [4.69, 9.17) is 14.2 Å². The summed E-state index contributed by atoms with van der Waals surface area (Å²) in [7, 11) is 1.45. The Bertz CT molecular complexity index is 1840. The topological polar surface area (TPSA) is 141 Å². The number of methoxy groups -OCH3 is 1. The van der Waals surface area contributed by atoms with Crippen LogP contribution in [0.3, 0.4) is 0 Å². The Morgan fingerprint density at radius 1 is 0.850 bits per heavy atom. The second-order valence-corrected chi connectivity index (χ2v) is 19.9. The third kappa shape index (κ3) is 8.87. The lowest BCUT2D eigenvalue weighted by Crippen LogP contribution is -2.83. The number of ether oxygens (including phenoxy) is 3. The van der Waals surface area contributed by atoms with Gasteiger partial charge in [0.15, 0.2) is 0 Å². The normalized spacial score (nSPS) is 32.6. The maximum Gasteiger partial charge on any atom is 0.411 e. The Labute approximate surface area is 358 Å². The Morgan fingerprint density at radius 2 is 1.57 bits per heavy atom. The molecular weight excluding hydrogens is 755 g/mol. The predicted molar refractivity (Wildman–Crippen MR) is 236 cm³/mol. The van der Waals surface area contributed by atoms with E-state index in [1.54, 1.807) is 0 Å². The van der Waals surface area contributed by atoms with Crippen LogP contribution >= 0.6 is 0 Å². The number of amides is 2. The minimum Gasteiger partial charge on any atom is -0.469 e. The average molecular weight is 827 g/mol. The van der Waals surface area contributed by atoms with Gasteiger partial charge < -0.3 is 14.2 Å². The van der Waals surface area contributed by atoms with E-state index in [0.29, 0.717) is 30.9 Å². The lowest BCUT2D eigenvalue weighted by Gasteiger charge is -2.64. The number of rotatable bonds is 11. The molecule has 0 aromatic heterocycles. The summed E-state index contributed by atoms with van der Waals surface area (Å²) in [4.78, 5) is 44.3. The SMILES string of the molecule is COC(=O)CC[C@@H](C)[C@H]1CC[C@H]2[C@@H]3[C@H](OC(=O)Nc4c(C(C)C)cccc4C(C)C)C[C@@H]4C[C@H](NC5=[NH+]CCCN5)CC[C@]4(C)[C@H]3C[C@H](OC(=O)Nc3ccccc3)[C@]12C. The summed E-state index contributed by atoms with van der Waals surface area (Å²) in [5.74, 6) is 2.34. The highest BCUT2D eigenvalue weighted by molar-refractivity contribution is 5.87. The molecule has 11 nitrogen and oxygen atoms in total. The predicted octanol–water partition coefficient (Wildman–Crippen LogP) is 8.32. The van der Waals surface area contributed by atoms with E-state index in [0.717, 1.165) is 80.8 Å². The molecule has 11 heteroatoms. The highest BCUT2D eigenvalue weighted by Gasteiger charge is 2.68. The molecule has 1 heterocycles. The molecule has 4 fully saturated rings. The highest BCUT2D eigenvalue weighted by Crippen LogP contribution is 2.69. The number of guanidine groups is 1. The molecule has 0 bridgehead atoms.